The van der Waals surface area contributed by atoms with E-state index in [1.807, 2.05) is 18.3 Å². The lowest BCUT2D eigenvalue weighted by Gasteiger charge is -2.38. The van der Waals surface area contributed by atoms with Crippen molar-refractivity contribution >= 4 is 40.8 Å². The Balaban J connectivity index is 0.000000192. The molecule has 1 atom stereocenters. The zero-order valence-electron chi connectivity index (χ0n) is 23.1. The van der Waals surface area contributed by atoms with Gasteiger partial charge >= 0.3 is 11.8 Å². The molecule has 3 heterocycles. The summed E-state index contributed by atoms with van der Waals surface area (Å²) < 4.78 is 4.92. The highest BCUT2D eigenvalue weighted by molar-refractivity contribution is 7.12. The predicted octanol–water partition coefficient (Wildman–Crippen LogP) is 3.30. The number of hydrogen-bond acceptors (Lipinski definition) is 8. The van der Waals surface area contributed by atoms with Crippen LogP contribution in [0.3, 0.4) is 0 Å². The molecule has 3 N–H and O–H groups in total. The van der Waals surface area contributed by atoms with Crippen molar-refractivity contribution in [2.75, 3.05) is 39.6 Å². The number of nitrogens with one attached hydrogen (secondary N) is 1. The lowest BCUT2D eigenvalue weighted by atomic mass is 9.80. The van der Waals surface area contributed by atoms with Gasteiger partial charge < -0.3 is 25.6 Å². The van der Waals surface area contributed by atoms with Crippen LogP contribution in [0.15, 0.2) is 18.3 Å². The van der Waals surface area contributed by atoms with E-state index in [0.29, 0.717) is 19.0 Å². The maximum Gasteiger partial charge on any atom is 0.313 e. The smallest absolute Gasteiger partial charge is 0.313 e. The molecular weight excluding hydrogens is 516 g/mol. The summed E-state index contributed by atoms with van der Waals surface area (Å²) >= 11 is 1.95. The summed E-state index contributed by atoms with van der Waals surface area (Å²) in [6.07, 6.45) is 12.7. The Morgan fingerprint density at radius 1 is 1.26 bits per heavy atom. The molecule has 11 heteroatoms. The van der Waals surface area contributed by atoms with Gasteiger partial charge in [0.1, 0.15) is 5.56 Å². The van der Waals surface area contributed by atoms with Gasteiger partial charge in [-0.15, -0.1) is 11.3 Å². The number of anilines is 1. The number of piperidine rings is 1. The maximum atomic E-state index is 12.2. The first-order valence-electron chi connectivity index (χ1n) is 13.4. The van der Waals surface area contributed by atoms with Gasteiger partial charge in [-0.2, -0.15) is 0 Å². The van der Waals surface area contributed by atoms with Crippen LogP contribution in [-0.4, -0.2) is 77.8 Å². The van der Waals surface area contributed by atoms with E-state index in [0.717, 1.165) is 24.8 Å². The number of nitrogens with zero attached hydrogens (tertiary/aromatic N) is 4. The first-order valence-corrected chi connectivity index (χ1v) is 14.2. The number of aromatic nitrogens is 2. The molecule has 5 rings (SSSR count). The molecular formula is C28H38N6O4S. The monoisotopic (exact) mass is 554 g/mol. The lowest BCUT2D eigenvalue weighted by molar-refractivity contribution is -0.144. The number of carbonyl (C=O) groups is 3. The molecule has 1 saturated carbocycles. The van der Waals surface area contributed by atoms with Crippen LogP contribution >= 0.6 is 11.3 Å². The van der Waals surface area contributed by atoms with Crippen LogP contribution in [-0.2, 0) is 16.0 Å². The summed E-state index contributed by atoms with van der Waals surface area (Å²) in [5.74, 6) is -0.913. The minimum atomic E-state index is -0.763. The molecule has 10 nitrogen and oxygen atoms in total. The van der Waals surface area contributed by atoms with Gasteiger partial charge in [-0.05, 0) is 70.7 Å². The van der Waals surface area contributed by atoms with Crippen molar-refractivity contribution in [2.24, 2.45) is 11.7 Å². The second kappa shape index (κ2) is 12.7. The highest BCUT2D eigenvalue weighted by Gasteiger charge is 2.34. The Morgan fingerprint density at radius 2 is 2.03 bits per heavy atom. The number of allylic oxidation sites excluding steroid dienone is 1. The Hall–Kier alpha value is -3.31. The minimum absolute atomic E-state index is 0.0318. The molecule has 1 aliphatic heterocycles. The molecule has 210 valence electrons. The summed E-state index contributed by atoms with van der Waals surface area (Å²) in [5, 5.41) is 3.83. The zero-order valence-corrected chi connectivity index (χ0v) is 23.9. The highest BCUT2D eigenvalue weighted by Crippen LogP contribution is 2.42. The lowest BCUT2D eigenvalue weighted by Crippen LogP contribution is -2.44. The van der Waals surface area contributed by atoms with Gasteiger partial charge in [-0.1, -0.05) is 13.0 Å². The number of aryl methyl sites for hydroxylation is 1. The number of ether oxygens (including phenoxy) is 1. The topological polar surface area (TPSA) is 131 Å². The van der Waals surface area contributed by atoms with Crippen LogP contribution in [0.4, 0.5) is 5.69 Å². The van der Waals surface area contributed by atoms with E-state index in [-0.39, 0.29) is 17.1 Å². The van der Waals surface area contributed by atoms with Gasteiger partial charge in [0, 0.05) is 29.9 Å². The van der Waals surface area contributed by atoms with Crippen molar-refractivity contribution in [1.82, 2.24) is 19.8 Å². The number of likely N-dealkylation sites (tertiary alicyclic amines) is 1. The largest absolute Gasteiger partial charge is 0.480 e. The summed E-state index contributed by atoms with van der Waals surface area (Å²) in [6.45, 7) is 3.19. The second-order valence-electron chi connectivity index (χ2n) is 10.7. The van der Waals surface area contributed by atoms with Gasteiger partial charge in [0.15, 0.2) is 0 Å². The summed E-state index contributed by atoms with van der Waals surface area (Å²) in [6, 6.07) is 2.11. The maximum absolute atomic E-state index is 12.2. The van der Waals surface area contributed by atoms with Crippen molar-refractivity contribution in [3.8, 4) is 5.88 Å². The van der Waals surface area contributed by atoms with Crippen LogP contribution in [0.1, 0.15) is 70.9 Å². The Labute approximate surface area is 233 Å². The third-order valence-corrected chi connectivity index (χ3v) is 8.75. The molecule has 0 aromatic carbocycles. The first-order chi connectivity index (χ1) is 18.7. The van der Waals surface area contributed by atoms with Crippen LogP contribution in [0, 0.1) is 5.92 Å². The van der Waals surface area contributed by atoms with Gasteiger partial charge in [-0.25, -0.2) is 9.97 Å². The number of carbonyl (C=O) groups excluding carboxylic acids is 3. The third-order valence-electron chi connectivity index (χ3n) is 7.46. The van der Waals surface area contributed by atoms with E-state index in [4.69, 9.17) is 15.5 Å². The van der Waals surface area contributed by atoms with Crippen LogP contribution in [0.25, 0.3) is 6.08 Å². The summed E-state index contributed by atoms with van der Waals surface area (Å²) in [4.78, 5) is 49.6. The average Bonchev–Trinajstić information content (AvgIpc) is 3.31. The first kappa shape index (κ1) is 28.7. The molecule has 2 aromatic rings. The summed E-state index contributed by atoms with van der Waals surface area (Å²) in [7, 11) is 5.71. The van der Waals surface area contributed by atoms with E-state index >= 15 is 0 Å². The quantitative estimate of drug-likeness (QED) is 0.542. The number of methoxy groups -OCH3 is 1. The minimum Gasteiger partial charge on any atom is -0.480 e. The van der Waals surface area contributed by atoms with Crippen molar-refractivity contribution in [2.45, 2.75) is 57.4 Å². The van der Waals surface area contributed by atoms with E-state index in [1.54, 1.807) is 0 Å². The third kappa shape index (κ3) is 7.02. The molecule has 2 fully saturated rings. The second-order valence-corrected chi connectivity index (χ2v) is 11.8. The molecule has 3 aliphatic rings. The molecule has 39 heavy (non-hydrogen) atoms. The van der Waals surface area contributed by atoms with Crippen molar-refractivity contribution < 1.29 is 19.1 Å². The van der Waals surface area contributed by atoms with E-state index < -0.39 is 17.7 Å². The highest BCUT2D eigenvalue weighted by atomic mass is 32.1. The number of nitrogens with two attached hydrogens (primary N) is 1. The average molecular weight is 555 g/mol. The van der Waals surface area contributed by atoms with Gasteiger partial charge in [0.25, 0.3) is 5.91 Å². The van der Waals surface area contributed by atoms with E-state index in [1.165, 1.54) is 65.5 Å². The normalized spacial score (nSPS) is 21.8. The van der Waals surface area contributed by atoms with E-state index in [2.05, 4.69) is 41.4 Å². The van der Waals surface area contributed by atoms with Crippen LogP contribution in [0.5, 0.6) is 5.88 Å². The predicted molar refractivity (Wildman–Crippen MR) is 152 cm³/mol. The van der Waals surface area contributed by atoms with E-state index in [9.17, 15) is 14.4 Å². The number of amides is 3. The van der Waals surface area contributed by atoms with Gasteiger partial charge in [0.2, 0.25) is 5.88 Å². The zero-order chi connectivity index (χ0) is 28.1. The van der Waals surface area contributed by atoms with Gasteiger partial charge in [-0.3, -0.25) is 14.4 Å². The molecule has 0 spiro atoms. The van der Waals surface area contributed by atoms with Crippen LogP contribution in [0.2, 0.25) is 0 Å². The number of fused-ring (bicyclic) bond motifs is 1. The molecule has 3 amide bonds. The molecule has 0 radical (unpaired) electrons. The van der Waals surface area contributed by atoms with Crippen molar-refractivity contribution in [1.29, 1.82) is 0 Å². The Morgan fingerprint density at radius 3 is 2.67 bits per heavy atom. The number of thiazole rings is 1. The van der Waals surface area contributed by atoms with Crippen molar-refractivity contribution in [3.05, 3.63) is 39.5 Å². The molecule has 2 aliphatic carbocycles. The standard InChI is InChI=1S/C15H20N4O4.C13H18N2S/c1-9-4-3-5-19(8-9)15(22)13(21)18-10-6-11(12(16)20)14(23-2)17-7-10;1-15(2)10-7-9(8-10)13-14-11-5-3-4-6-12(11)16-13/h6-7,9H,3-5,8H2,1-2H3,(H2,16,20)(H,18,21);3,5,9-10H,4,6-8H2,1-2H3. The fourth-order valence-corrected chi connectivity index (χ4v) is 6.24. The number of rotatable bonds is 5. The summed E-state index contributed by atoms with van der Waals surface area (Å²) in [5.41, 5.74) is 6.73. The Kier molecular flexibility index (Phi) is 9.34. The fraction of sp³-hybridized carbons (Fsp3) is 0.536. The molecule has 0 bridgehead atoms. The van der Waals surface area contributed by atoms with Crippen molar-refractivity contribution in [3.63, 3.8) is 0 Å². The number of primary amides is 1. The van der Waals surface area contributed by atoms with Gasteiger partial charge in [0.05, 0.1) is 29.7 Å². The van der Waals surface area contributed by atoms with Crippen LogP contribution < -0.4 is 15.8 Å². The SMILES string of the molecule is CN(C)C1CC(c2nc3c(s2)CCC=C3)C1.COc1ncc(NC(=O)C(=O)N2CCCC(C)C2)cc1C(N)=O. The Bertz CT molecular complexity index is 1240. The number of hydrogen-bond donors (Lipinski definition) is 2. The molecule has 1 saturated heterocycles. The number of pyridine rings is 1. The molecule has 2 aromatic heterocycles. The molecule has 1 unspecified atom stereocenters. The fourth-order valence-electron chi connectivity index (χ4n) is 5.05.